The van der Waals surface area contributed by atoms with Gasteiger partial charge in [0.05, 0.1) is 10.8 Å². The minimum atomic E-state index is -4.85. The molecule has 1 heterocycles. The summed E-state index contributed by atoms with van der Waals surface area (Å²) in [5.74, 6) is -1.65. The Morgan fingerprint density at radius 1 is 1.41 bits per heavy atom. The Bertz CT molecular complexity index is 603. The molecule has 1 atom stereocenters. The van der Waals surface area contributed by atoms with Crippen LogP contribution in [0.5, 0.6) is 0 Å². The first-order valence-electron chi connectivity index (χ1n) is 6.53. The van der Waals surface area contributed by atoms with Crippen molar-refractivity contribution in [3.63, 3.8) is 0 Å². The molecule has 1 fully saturated rings. The van der Waals surface area contributed by atoms with E-state index in [4.69, 9.17) is 5.11 Å². The van der Waals surface area contributed by atoms with Gasteiger partial charge in [0.25, 0.3) is 5.69 Å². The number of carbonyl (C=O) groups is 1. The van der Waals surface area contributed by atoms with Crippen molar-refractivity contribution >= 4 is 17.3 Å². The van der Waals surface area contributed by atoms with E-state index in [2.05, 4.69) is 0 Å². The second-order valence-electron chi connectivity index (χ2n) is 5.08. The maximum atomic E-state index is 12.9. The third-order valence-electron chi connectivity index (χ3n) is 3.62. The number of anilines is 1. The Kier molecular flexibility index (Phi) is 4.25. The highest BCUT2D eigenvalue weighted by atomic mass is 19.4. The fourth-order valence-electron chi connectivity index (χ4n) is 2.52. The number of rotatable bonds is 3. The molecule has 22 heavy (non-hydrogen) atoms. The van der Waals surface area contributed by atoms with Gasteiger partial charge in [-0.3, -0.25) is 14.9 Å². The monoisotopic (exact) mass is 318 g/mol. The zero-order chi connectivity index (χ0) is 16.5. The summed E-state index contributed by atoms with van der Waals surface area (Å²) in [6, 6.07) is 2.74. The second kappa shape index (κ2) is 5.82. The summed E-state index contributed by atoms with van der Waals surface area (Å²) in [6.07, 6.45) is -3.85. The van der Waals surface area contributed by atoms with Crippen molar-refractivity contribution in [1.82, 2.24) is 0 Å². The molecule has 1 aromatic carbocycles. The van der Waals surface area contributed by atoms with Crippen LogP contribution in [0.4, 0.5) is 24.5 Å². The quantitative estimate of drug-likeness (QED) is 0.684. The Morgan fingerprint density at radius 3 is 2.64 bits per heavy atom. The Hall–Kier alpha value is -2.32. The van der Waals surface area contributed by atoms with Gasteiger partial charge in [-0.1, -0.05) is 0 Å². The van der Waals surface area contributed by atoms with Crippen molar-refractivity contribution in [2.45, 2.75) is 19.0 Å². The van der Waals surface area contributed by atoms with Gasteiger partial charge in [-0.2, -0.15) is 13.2 Å². The topological polar surface area (TPSA) is 83.7 Å². The summed E-state index contributed by atoms with van der Waals surface area (Å²) < 4.78 is 38.8. The lowest BCUT2D eigenvalue weighted by atomic mass is 9.97. The van der Waals surface area contributed by atoms with Gasteiger partial charge in [-0.15, -0.1) is 0 Å². The van der Waals surface area contributed by atoms with Gasteiger partial charge in [0.2, 0.25) is 0 Å². The number of benzene rings is 1. The molecule has 0 radical (unpaired) electrons. The molecule has 2 rings (SSSR count). The number of aliphatic carboxylic acids is 1. The summed E-state index contributed by atoms with van der Waals surface area (Å²) in [6.45, 7) is 0.503. The molecule has 6 nitrogen and oxygen atoms in total. The molecule has 1 N–H and O–H groups in total. The smallest absolute Gasteiger partial charge is 0.423 e. The number of alkyl halides is 3. The Labute approximate surface area is 123 Å². The van der Waals surface area contributed by atoms with Crippen LogP contribution in [0.25, 0.3) is 0 Å². The van der Waals surface area contributed by atoms with E-state index in [0.29, 0.717) is 25.5 Å². The Morgan fingerprint density at radius 2 is 2.09 bits per heavy atom. The molecule has 1 aliphatic rings. The summed E-state index contributed by atoms with van der Waals surface area (Å²) >= 11 is 0. The number of hydrogen-bond acceptors (Lipinski definition) is 4. The molecule has 0 spiro atoms. The number of nitrogens with zero attached hydrogens (tertiary/aromatic N) is 2. The first kappa shape index (κ1) is 16.1. The molecule has 1 unspecified atom stereocenters. The Balaban J connectivity index is 2.36. The SMILES string of the molecule is O=C(O)C1CCCN(c2ccc([N+](=O)[O-])c(C(F)(F)F)c2)C1. The van der Waals surface area contributed by atoms with Gasteiger partial charge >= 0.3 is 12.1 Å². The van der Waals surface area contributed by atoms with Crippen LogP contribution in [-0.2, 0) is 11.0 Å². The molecule has 0 bridgehead atoms. The molecule has 120 valence electrons. The van der Waals surface area contributed by atoms with Crippen LogP contribution in [0, 0.1) is 16.0 Å². The fraction of sp³-hybridized carbons (Fsp3) is 0.462. The molecule has 1 aromatic rings. The molecular weight excluding hydrogens is 305 g/mol. The average molecular weight is 318 g/mol. The highest BCUT2D eigenvalue weighted by Gasteiger charge is 2.39. The van der Waals surface area contributed by atoms with Crippen molar-refractivity contribution in [1.29, 1.82) is 0 Å². The van der Waals surface area contributed by atoms with Crippen LogP contribution in [-0.4, -0.2) is 29.1 Å². The number of nitro benzene ring substituents is 1. The van der Waals surface area contributed by atoms with Crippen molar-refractivity contribution in [2.75, 3.05) is 18.0 Å². The van der Waals surface area contributed by atoms with Gasteiger partial charge in [0.15, 0.2) is 0 Å². The van der Waals surface area contributed by atoms with Crippen molar-refractivity contribution in [2.24, 2.45) is 5.92 Å². The van der Waals surface area contributed by atoms with Gasteiger partial charge in [-0.25, -0.2) is 0 Å². The van der Waals surface area contributed by atoms with E-state index in [9.17, 15) is 28.1 Å². The number of halogens is 3. The minimum Gasteiger partial charge on any atom is -0.481 e. The van der Waals surface area contributed by atoms with Crippen molar-refractivity contribution < 1.29 is 28.0 Å². The number of nitro groups is 1. The molecule has 1 aliphatic heterocycles. The molecule has 9 heteroatoms. The normalized spacial score (nSPS) is 19.0. The number of carboxylic acid groups (broad SMARTS) is 1. The van der Waals surface area contributed by atoms with E-state index < -0.39 is 34.2 Å². The van der Waals surface area contributed by atoms with Crippen LogP contribution in [0.3, 0.4) is 0 Å². The van der Waals surface area contributed by atoms with E-state index in [0.717, 1.165) is 6.07 Å². The molecule has 0 aromatic heterocycles. The maximum Gasteiger partial charge on any atom is 0.423 e. The minimum absolute atomic E-state index is 0.0877. The summed E-state index contributed by atoms with van der Waals surface area (Å²) in [4.78, 5) is 22.2. The zero-order valence-corrected chi connectivity index (χ0v) is 11.3. The summed E-state index contributed by atoms with van der Waals surface area (Å²) in [7, 11) is 0. The first-order valence-corrected chi connectivity index (χ1v) is 6.53. The van der Waals surface area contributed by atoms with Gasteiger partial charge in [0.1, 0.15) is 5.56 Å². The van der Waals surface area contributed by atoms with E-state index >= 15 is 0 Å². The van der Waals surface area contributed by atoms with Crippen molar-refractivity contribution in [3.8, 4) is 0 Å². The molecule has 1 saturated heterocycles. The fourth-order valence-corrected chi connectivity index (χ4v) is 2.52. The predicted octanol–water partition coefficient (Wildman–Crippen LogP) is 2.91. The zero-order valence-electron chi connectivity index (χ0n) is 11.3. The van der Waals surface area contributed by atoms with Crippen LogP contribution < -0.4 is 4.90 Å². The van der Waals surface area contributed by atoms with Crippen LogP contribution in [0.15, 0.2) is 18.2 Å². The van der Waals surface area contributed by atoms with Crippen LogP contribution in [0.2, 0.25) is 0 Å². The molecule has 0 aliphatic carbocycles. The van der Waals surface area contributed by atoms with Gasteiger partial charge in [-0.05, 0) is 25.0 Å². The maximum absolute atomic E-state index is 12.9. The number of piperidine rings is 1. The standard InChI is InChI=1S/C13H13F3N2O4/c14-13(15,16)10-6-9(3-4-11(10)18(21)22)17-5-1-2-8(7-17)12(19)20/h3-4,6,8H,1-2,5,7H2,(H,19,20). The average Bonchev–Trinajstić information content (AvgIpc) is 2.45. The lowest BCUT2D eigenvalue weighted by Crippen LogP contribution is -2.38. The van der Waals surface area contributed by atoms with E-state index in [-0.39, 0.29) is 12.2 Å². The van der Waals surface area contributed by atoms with E-state index in [1.54, 1.807) is 0 Å². The third-order valence-corrected chi connectivity index (χ3v) is 3.62. The largest absolute Gasteiger partial charge is 0.481 e. The summed E-state index contributed by atoms with van der Waals surface area (Å²) in [5, 5.41) is 19.7. The van der Waals surface area contributed by atoms with E-state index in [1.807, 2.05) is 0 Å². The molecule has 0 saturated carbocycles. The van der Waals surface area contributed by atoms with Gasteiger partial charge < -0.3 is 10.0 Å². The lowest BCUT2D eigenvalue weighted by Gasteiger charge is -2.32. The lowest BCUT2D eigenvalue weighted by molar-refractivity contribution is -0.388. The predicted molar refractivity (Wildman–Crippen MR) is 70.7 cm³/mol. The number of hydrogen-bond donors (Lipinski definition) is 1. The van der Waals surface area contributed by atoms with Gasteiger partial charge in [0, 0.05) is 24.8 Å². The van der Waals surface area contributed by atoms with Crippen molar-refractivity contribution in [3.05, 3.63) is 33.9 Å². The molecule has 0 amide bonds. The first-order chi connectivity index (χ1) is 10.2. The van der Waals surface area contributed by atoms with E-state index in [1.165, 1.54) is 11.0 Å². The highest BCUT2D eigenvalue weighted by Crippen LogP contribution is 2.38. The highest BCUT2D eigenvalue weighted by molar-refractivity contribution is 5.71. The second-order valence-corrected chi connectivity index (χ2v) is 5.08. The third kappa shape index (κ3) is 3.29. The van der Waals surface area contributed by atoms with Crippen LogP contribution >= 0.6 is 0 Å². The summed E-state index contributed by atoms with van der Waals surface area (Å²) in [5.41, 5.74) is -2.20. The van der Waals surface area contributed by atoms with Crippen LogP contribution in [0.1, 0.15) is 18.4 Å². The molecular formula is C13H13F3N2O4. The number of carboxylic acids is 1.